The minimum absolute atomic E-state index is 0.0743. The number of hydrogen-bond donors (Lipinski definition) is 1. The zero-order chi connectivity index (χ0) is 9.30. The largest absolute Gasteiger partial charge is 0.385 e. The van der Waals surface area contributed by atoms with Gasteiger partial charge in [-0.1, -0.05) is 0 Å². The molecule has 0 bridgehead atoms. The van der Waals surface area contributed by atoms with Crippen molar-refractivity contribution >= 4 is 27.8 Å². The number of rotatable bonds is 2. The zero-order valence-electron chi connectivity index (χ0n) is 6.23. The Morgan fingerprint density at radius 1 is 1.75 bits per heavy atom. The van der Waals surface area contributed by atoms with E-state index < -0.39 is 4.92 Å². The number of ketones is 1. The maximum absolute atomic E-state index is 10.8. The van der Waals surface area contributed by atoms with Gasteiger partial charge in [-0.2, -0.15) is 0 Å². The van der Waals surface area contributed by atoms with Crippen LogP contribution in [0, 0.1) is 10.1 Å². The molecule has 0 amide bonds. The lowest BCUT2D eigenvalue weighted by Gasteiger charge is -1.83. The van der Waals surface area contributed by atoms with Gasteiger partial charge >= 0.3 is 5.69 Å². The summed E-state index contributed by atoms with van der Waals surface area (Å²) in [5.41, 5.74) is 5.12. The molecule has 0 fully saturated rings. The first-order valence-corrected chi connectivity index (χ1v) is 3.88. The van der Waals surface area contributed by atoms with Crippen LogP contribution in [-0.2, 0) is 0 Å². The fraction of sp³-hybridized carbons (Fsp3) is 0.167. The fourth-order valence-corrected chi connectivity index (χ4v) is 1.50. The second kappa shape index (κ2) is 2.90. The molecule has 0 saturated heterocycles. The van der Waals surface area contributed by atoms with Crippen LogP contribution in [0.1, 0.15) is 16.6 Å². The molecule has 64 valence electrons. The number of thiophene rings is 1. The maximum Gasteiger partial charge on any atom is 0.303 e. The van der Waals surface area contributed by atoms with Crippen molar-refractivity contribution in [3.8, 4) is 0 Å². The molecule has 0 aliphatic carbocycles. The lowest BCUT2D eigenvalue weighted by Crippen LogP contribution is -1.89. The summed E-state index contributed by atoms with van der Waals surface area (Å²) in [5, 5.41) is 10.4. The SMILES string of the molecule is CC(=O)c1cc([N+](=O)[O-])c(N)s1. The smallest absolute Gasteiger partial charge is 0.303 e. The predicted octanol–water partition coefficient (Wildman–Crippen LogP) is 1.44. The molecular weight excluding hydrogens is 180 g/mol. The van der Waals surface area contributed by atoms with Crippen LogP contribution in [0.4, 0.5) is 10.7 Å². The van der Waals surface area contributed by atoms with Crippen molar-refractivity contribution in [2.75, 3.05) is 5.73 Å². The molecule has 1 heterocycles. The van der Waals surface area contributed by atoms with E-state index in [0.717, 1.165) is 11.3 Å². The Labute approximate surface area is 72.0 Å². The monoisotopic (exact) mass is 186 g/mol. The number of hydrogen-bond acceptors (Lipinski definition) is 5. The number of Topliss-reactive ketones (excluding diaryl/α,β-unsaturated/α-hetero) is 1. The molecule has 1 aromatic heterocycles. The second-order valence-electron chi connectivity index (χ2n) is 2.17. The summed E-state index contributed by atoms with van der Waals surface area (Å²) in [5.74, 6) is -0.209. The Bertz CT molecular complexity index is 345. The lowest BCUT2D eigenvalue weighted by molar-refractivity contribution is -0.383. The van der Waals surface area contributed by atoms with Crippen LogP contribution in [-0.4, -0.2) is 10.7 Å². The van der Waals surface area contributed by atoms with Crippen LogP contribution in [0.3, 0.4) is 0 Å². The van der Waals surface area contributed by atoms with Gasteiger partial charge in [-0.3, -0.25) is 14.9 Å². The van der Waals surface area contributed by atoms with Crippen LogP contribution >= 0.6 is 11.3 Å². The van der Waals surface area contributed by atoms with Crippen LogP contribution in [0.5, 0.6) is 0 Å². The molecule has 6 heteroatoms. The van der Waals surface area contributed by atoms with E-state index in [-0.39, 0.29) is 16.5 Å². The van der Waals surface area contributed by atoms with E-state index in [1.54, 1.807) is 0 Å². The van der Waals surface area contributed by atoms with E-state index >= 15 is 0 Å². The quantitative estimate of drug-likeness (QED) is 0.430. The highest BCUT2D eigenvalue weighted by Crippen LogP contribution is 2.31. The van der Waals surface area contributed by atoms with Crippen molar-refractivity contribution in [1.82, 2.24) is 0 Å². The van der Waals surface area contributed by atoms with Gasteiger partial charge in [0.2, 0.25) is 0 Å². The second-order valence-corrected chi connectivity index (χ2v) is 3.26. The summed E-state index contributed by atoms with van der Waals surface area (Å²) in [6.07, 6.45) is 0. The van der Waals surface area contributed by atoms with Gasteiger partial charge < -0.3 is 5.73 Å². The number of nitrogens with two attached hydrogens (primary N) is 1. The maximum atomic E-state index is 10.8. The highest BCUT2D eigenvalue weighted by Gasteiger charge is 2.17. The van der Waals surface area contributed by atoms with Gasteiger partial charge in [0.05, 0.1) is 9.80 Å². The molecule has 2 N–H and O–H groups in total. The molecular formula is C6H6N2O3S. The number of nitrogens with zero attached hydrogens (tertiary/aromatic N) is 1. The Morgan fingerprint density at radius 2 is 2.33 bits per heavy atom. The van der Waals surface area contributed by atoms with Crippen molar-refractivity contribution in [3.63, 3.8) is 0 Å². The van der Waals surface area contributed by atoms with E-state index in [1.807, 2.05) is 0 Å². The molecule has 0 saturated carbocycles. The summed E-state index contributed by atoms with van der Waals surface area (Å²) in [7, 11) is 0. The summed E-state index contributed by atoms with van der Waals surface area (Å²) >= 11 is 0.937. The number of nitrogen functional groups attached to an aromatic ring is 1. The van der Waals surface area contributed by atoms with Gasteiger partial charge in [0.25, 0.3) is 0 Å². The molecule has 0 spiro atoms. The molecule has 12 heavy (non-hydrogen) atoms. The van der Waals surface area contributed by atoms with E-state index in [0.29, 0.717) is 4.88 Å². The Balaban J connectivity index is 3.17. The van der Waals surface area contributed by atoms with Gasteiger partial charge in [-0.25, -0.2) is 0 Å². The van der Waals surface area contributed by atoms with Gasteiger partial charge in [0.15, 0.2) is 10.8 Å². The van der Waals surface area contributed by atoms with Gasteiger partial charge in [-0.15, -0.1) is 11.3 Å². The van der Waals surface area contributed by atoms with Crippen molar-refractivity contribution in [1.29, 1.82) is 0 Å². The summed E-state index contributed by atoms with van der Waals surface area (Å²) < 4.78 is 0. The van der Waals surface area contributed by atoms with Crippen molar-refractivity contribution in [3.05, 3.63) is 21.1 Å². The summed E-state index contributed by atoms with van der Waals surface area (Å²) in [6.45, 7) is 1.34. The fourth-order valence-electron chi connectivity index (χ4n) is 0.712. The topological polar surface area (TPSA) is 86.2 Å². The molecule has 1 rings (SSSR count). The zero-order valence-corrected chi connectivity index (χ0v) is 7.05. The van der Waals surface area contributed by atoms with E-state index in [2.05, 4.69) is 0 Å². The first-order valence-electron chi connectivity index (χ1n) is 3.07. The summed E-state index contributed by atoms with van der Waals surface area (Å²) in [4.78, 5) is 20.8. The van der Waals surface area contributed by atoms with E-state index in [4.69, 9.17) is 5.73 Å². The normalized spacial score (nSPS) is 9.75. The highest BCUT2D eigenvalue weighted by atomic mass is 32.1. The van der Waals surface area contributed by atoms with Crippen LogP contribution in [0.2, 0.25) is 0 Å². The Hall–Kier alpha value is -1.43. The molecule has 0 aliphatic heterocycles. The number of carbonyl (C=O) groups is 1. The third kappa shape index (κ3) is 1.42. The van der Waals surface area contributed by atoms with Crippen LogP contribution in [0.25, 0.3) is 0 Å². The minimum Gasteiger partial charge on any atom is -0.385 e. The molecule has 1 aromatic rings. The molecule has 5 nitrogen and oxygen atoms in total. The van der Waals surface area contributed by atoms with Gasteiger partial charge in [0, 0.05) is 6.07 Å². The number of anilines is 1. The first-order chi connectivity index (χ1) is 5.52. The highest BCUT2D eigenvalue weighted by molar-refractivity contribution is 7.18. The molecule has 0 unspecified atom stereocenters. The standard InChI is InChI=1S/C6H6N2O3S/c1-3(9)5-2-4(8(10)11)6(7)12-5/h2H,7H2,1H3. The van der Waals surface area contributed by atoms with Crippen LogP contribution < -0.4 is 5.73 Å². The van der Waals surface area contributed by atoms with Crippen molar-refractivity contribution < 1.29 is 9.72 Å². The van der Waals surface area contributed by atoms with Crippen molar-refractivity contribution in [2.24, 2.45) is 0 Å². The van der Waals surface area contributed by atoms with E-state index in [9.17, 15) is 14.9 Å². The minimum atomic E-state index is -0.599. The Kier molecular flexibility index (Phi) is 2.09. The summed E-state index contributed by atoms with van der Waals surface area (Å²) in [6, 6.07) is 1.20. The van der Waals surface area contributed by atoms with E-state index in [1.165, 1.54) is 13.0 Å². The third-order valence-electron chi connectivity index (χ3n) is 1.28. The Morgan fingerprint density at radius 3 is 2.58 bits per heavy atom. The molecule has 0 aromatic carbocycles. The number of nitro groups is 1. The predicted molar refractivity (Wildman–Crippen MR) is 45.4 cm³/mol. The molecule has 0 atom stereocenters. The molecule has 0 aliphatic rings. The van der Waals surface area contributed by atoms with Crippen molar-refractivity contribution in [2.45, 2.75) is 6.92 Å². The lowest BCUT2D eigenvalue weighted by atomic mass is 10.3. The molecule has 0 radical (unpaired) electrons. The van der Waals surface area contributed by atoms with Gasteiger partial charge in [0.1, 0.15) is 0 Å². The first kappa shape index (κ1) is 8.66. The third-order valence-corrected chi connectivity index (χ3v) is 2.34. The average Bonchev–Trinajstić information content (AvgIpc) is 2.30. The average molecular weight is 186 g/mol. The van der Waals surface area contributed by atoms with Crippen LogP contribution in [0.15, 0.2) is 6.07 Å². The van der Waals surface area contributed by atoms with Gasteiger partial charge in [-0.05, 0) is 6.92 Å². The number of carbonyl (C=O) groups excluding carboxylic acids is 1.